The summed E-state index contributed by atoms with van der Waals surface area (Å²) in [6.07, 6.45) is 2.37. The Kier molecular flexibility index (Phi) is 5.12. The van der Waals surface area contributed by atoms with Crippen LogP contribution in [0.5, 0.6) is 0 Å². The second-order valence-electron chi connectivity index (χ2n) is 3.71. The van der Waals surface area contributed by atoms with Gasteiger partial charge in [-0.1, -0.05) is 29.3 Å². The molecule has 1 rings (SSSR count). The van der Waals surface area contributed by atoms with Crippen molar-refractivity contribution in [2.45, 2.75) is 26.4 Å². The molecule has 1 N–H and O–H groups in total. The Morgan fingerprint density at radius 3 is 2.73 bits per heavy atom. The summed E-state index contributed by atoms with van der Waals surface area (Å²) >= 11 is 3.41. The molecule has 0 aliphatic heterocycles. The van der Waals surface area contributed by atoms with Gasteiger partial charge in [0, 0.05) is 29.3 Å². The van der Waals surface area contributed by atoms with Crippen LogP contribution in [0.1, 0.15) is 25.3 Å². The zero-order valence-corrected chi connectivity index (χ0v) is 10.9. The molecule has 2 nitrogen and oxygen atoms in total. The third kappa shape index (κ3) is 3.50. The first-order valence-electron chi connectivity index (χ1n) is 5.29. The lowest BCUT2D eigenvalue weighted by Gasteiger charge is -2.21. The van der Waals surface area contributed by atoms with E-state index in [0.717, 1.165) is 22.3 Å². The van der Waals surface area contributed by atoms with Crippen LogP contribution in [-0.4, -0.2) is 18.7 Å². The highest BCUT2D eigenvalue weighted by Gasteiger charge is 2.06. The molecule has 0 saturated carbocycles. The minimum atomic E-state index is 0.0885. The Hall–Kier alpha value is -0.540. The van der Waals surface area contributed by atoms with Crippen LogP contribution in [0.2, 0.25) is 0 Å². The van der Waals surface area contributed by atoms with Crippen molar-refractivity contribution in [1.82, 2.24) is 0 Å². The summed E-state index contributed by atoms with van der Waals surface area (Å²) in [5.74, 6) is 0. The van der Waals surface area contributed by atoms with Crippen LogP contribution in [0.15, 0.2) is 22.7 Å². The molecule has 0 amide bonds. The van der Waals surface area contributed by atoms with Gasteiger partial charge >= 0.3 is 0 Å². The number of unbranched alkanes of at least 4 members (excludes halogenated alkanes) is 1. The monoisotopic (exact) mass is 271 g/mol. The first-order chi connectivity index (χ1) is 7.19. The largest absolute Gasteiger partial charge is 0.392 e. The molecule has 0 bridgehead atoms. The van der Waals surface area contributed by atoms with Gasteiger partial charge in [-0.2, -0.15) is 0 Å². The van der Waals surface area contributed by atoms with E-state index in [1.807, 2.05) is 18.2 Å². The lowest BCUT2D eigenvalue weighted by molar-refractivity contribution is 0.282. The van der Waals surface area contributed by atoms with Gasteiger partial charge in [-0.3, -0.25) is 0 Å². The number of hydrogen-bond donors (Lipinski definition) is 1. The van der Waals surface area contributed by atoms with E-state index in [1.54, 1.807) is 0 Å². The van der Waals surface area contributed by atoms with Crippen molar-refractivity contribution in [3.63, 3.8) is 0 Å². The minimum Gasteiger partial charge on any atom is -0.392 e. The zero-order valence-electron chi connectivity index (χ0n) is 9.33. The minimum absolute atomic E-state index is 0.0885. The Bertz CT molecular complexity index is 314. The quantitative estimate of drug-likeness (QED) is 0.889. The van der Waals surface area contributed by atoms with Crippen LogP contribution in [-0.2, 0) is 6.61 Å². The summed E-state index contributed by atoms with van der Waals surface area (Å²) in [7, 11) is 2.07. The fraction of sp³-hybridized carbons (Fsp3) is 0.500. The van der Waals surface area contributed by atoms with Crippen LogP contribution < -0.4 is 4.90 Å². The van der Waals surface area contributed by atoms with Gasteiger partial charge in [0.2, 0.25) is 0 Å². The molecular formula is C12H18BrNO. The molecule has 3 heteroatoms. The van der Waals surface area contributed by atoms with Crippen molar-refractivity contribution in [2.24, 2.45) is 0 Å². The molecule has 0 radical (unpaired) electrons. The lowest BCUT2D eigenvalue weighted by Crippen LogP contribution is -2.19. The van der Waals surface area contributed by atoms with Crippen molar-refractivity contribution in [3.05, 3.63) is 28.2 Å². The van der Waals surface area contributed by atoms with Gasteiger partial charge < -0.3 is 10.0 Å². The number of nitrogens with zero attached hydrogens (tertiary/aromatic N) is 1. The van der Waals surface area contributed by atoms with E-state index in [9.17, 15) is 5.11 Å². The van der Waals surface area contributed by atoms with E-state index < -0.39 is 0 Å². The lowest BCUT2D eigenvalue weighted by atomic mass is 10.1. The van der Waals surface area contributed by atoms with Crippen LogP contribution >= 0.6 is 15.9 Å². The second kappa shape index (κ2) is 6.13. The molecule has 1 aromatic rings. The normalized spacial score (nSPS) is 10.4. The number of anilines is 1. The van der Waals surface area contributed by atoms with Gasteiger partial charge in [0.05, 0.1) is 6.61 Å². The predicted octanol–water partition coefficient (Wildman–Crippen LogP) is 3.18. The first kappa shape index (κ1) is 12.5. The number of halogens is 1. The molecule has 0 spiro atoms. The van der Waals surface area contributed by atoms with Gasteiger partial charge in [0.15, 0.2) is 0 Å². The molecule has 0 saturated heterocycles. The van der Waals surface area contributed by atoms with Gasteiger partial charge in [-0.15, -0.1) is 0 Å². The summed E-state index contributed by atoms with van der Waals surface area (Å²) < 4.78 is 1.01. The van der Waals surface area contributed by atoms with Crippen molar-refractivity contribution < 1.29 is 5.11 Å². The molecule has 0 heterocycles. The first-order valence-corrected chi connectivity index (χ1v) is 6.08. The molecule has 0 aliphatic carbocycles. The van der Waals surface area contributed by atoms with Crippen molar-refractivity contribution in [1.29, 1.82) is 0 Å². The van der Waals surface area contributed by atoms with E-state index in [4.69, 9.17) is 0 Å². The second-order valence-corrected chi connectivity index (χ2v) is 4.62. The number of aliphatic hydroxyl groups excluding tert-OH is 1. The topological polar surface area (TPSA) is 23.5 Å². The van der Waals surface area contributed by atoms with Crippen LogP contribution in [0, 0.1) is 0 Å². The summed E-state index contributed by atoms with van der Waals surface area (Å²) in [6.45, 7) is 3.30. The van der Waals surface area contributed by atoms with E-state index in [-0.39, 0.29) is 6.61 Å². The van der Waals surface area contributed by atoms with Crippen LogP contribution in [0.3, 0.4) is 0 Å². The van der Waals surface area contributed by atoms with Crippen molar-refractivity contribution in [2.75, 3.05) is 18.5 Å². The Morgan fingerprint density at radius 2 is 2.13 bits per heavy atom. The molecule has 1 aromatic carbocycles. The fourth-order valence-electron chi connectivity index (χ4n) is 1.57. The van der Waals surface area contributed by atoms with Gasteiger partial charge in [0.1, 0.15) is 0 Å². The molecular weight excluding hydrogens is 254 g/mol. The maximum absolute atomic E-state index is 9.27. The highest BCUT2D eigenvalue weighted by molar-refractivity contribution is 9.10. The summed E-state index contributed by atoms with van der Waals surface area (Å²) in [5, 5.41) is 9.27. The van der Waals surface area contributed by atoms with Gasteiger partial charge in [-0.25, -0.2) is 0 Å². The summed E-state index contributed by atoms with van der Waals surface area (Å²) in [6, 6.07) is 6.03. The summed E-state index contributed by atoms with van der Waals surface area (Å²) in [5.41, 5.74) is 2.09. The van der Waals surface area contributed by atoms with Crippen molar-refractivity contribution >= 4 is 21.6 Å². The SMILES string of the molecule is CCCCN(C)c1ccc(Br)cc1CO. The molecule has 0 fully saturated rings. The molecule has 84 valence electrons. The highest BCUT2D eigenvalue weighted by atomic mass is 79.9. The fourth-order valence-corrected chi connectivity index (χ4v) is 1.98. The average Bonchev–Trinajstić information content (AvgIpc) is 2.25. The zero-order chi connectivity index (χ0) is 11.3. The summed E-state index contributed by atoms with van der Waals surface area (Å²) in [4.78, 5) is 2.20. The predicted molar refractivity (Wildman–Crippen MR) is 68.2 cm³/mol. The van der Waals surface area contributed by atoms with E-state index in [2.05, 4.69) is 34.8 Å². The van der Waals surface area contributed by atoms with E-state index in [0.29, 0.717) is 0 Å². The Balaban J connectivity index is 2.82. The third-order valence-corrected chi connectivity index (χ3v) is 2.96. The number of benzene rings is 1. The third-order valence-electron chi connectivity index (χ3n) is 2.47. The standard InChI is InChI=1S/C12H18BrNO/c1-3-4-7-14(2)12-6-5-11(13)8-10(12)9-15/h5-6,8,15H,3-4,7,9H2,1-2H3. The average molecular weight is 272 g/mol. The van der Waals surface area contributed by atoms with Crippen LogP contribution in [0.4, 0.5) is 5.69 Å². The van der Waals surface area contributed by atoms with Gasteiger partial charge in [0.25, 0.3) is 0 Å². The smallest absolute Gasteiger partial charge is 0.0702 e. The van der Waals surface area contributed by atoms with Crippen LogP contribution in [0.25, 0.3) is 0 Å². The Morgan fingerprint density at radius 1 is 1.40 bits per heavy atom. The number of aliphatic hydroxyl groups is 1. The molecule has 0 aromatic heterocycles. The van der Waals surface area contributed by atoms with Crippen molar-refractivity contribution in [3.8, 4) is 0 Å². The van der Waals surface area contributed by atoms with E-state index in [1.165, 1.54) is 12.8 Å². The number of hydrogen-bond acceptors (Lipinski definition) is 2. The molecule has 15 heavy (non-hydrogen) atoms. The van der Waals surface area contributed by atoms with Gasteiger partial charge in [-0.05, 0) is 24.6 Å². The highest BCUT2D eigenvalue weighted by Crippen LogP contribution is 2.24. The number of rotatable bonds is 5. The maximum atomic E-state index is 9.27. The molecule has 0 unspecified atom stereocenters. The maximum Gasteiger partial charge on any atom is 0.0702 e. The molecule has 0 aliphatic rings. The molecule has 0 atom stereocenters. The van der Waals surface area contributed by atoms with E-state index >= 15 is 0 Å². The Labute approximate surface area is 100 Å².